The van der Waals surface area contributed by atoms with E-state index in [0.717, 1.165) is 6.54 Å². The largest absolute Gasteiger partial charge is 0.310 e. The van der Waals surface area contributed by atoms with Crippen molar-refractivity contribution in [1.82, 2.24) is 5.32 Å². The van der Waals surface area contributed by atoms with Gasteiger partial charge in [-0.2, -0.15) is 0 Å². The summed E-state index contributed by atoms with van der Waals surface area (Å²) in [6.45, 7) is 17.4. The monoisotopic (exact) mass is 259 g/mol. The standard InChI is InChI=1S/C18H29N/c1-8-19-15(16-17(4,5)18(16,6)7)14-11-9-10-12(2)13(14)3/h9-11,15-16,19H,8H2,1-7H3. The minimum Gasteiger partial charge on any atom is -0.310 e. The molecular weight excluding hydrogens is 230 g/mol. The van der Waals surface area contributed by atoms with Crippen LogP contribution in [-0.2, 0) is 0 Å². The quantitative estimate of drug-likeness (QED) is 0.831. The average molecular weight is 259 g/mol. The molecule has 106 valence electrons. The van der Waals surface area contributed by atoms with Gasteiger partial charge in [-0.25, -0.2) is 0 Å². The second-order valence-electron chi connectivity index (χ2n) is 7.25. The molecule has 1 atom stereocenters. The van der Waals surface area contributed by atoms with Crippen molar-refractivity contribution in [2.24, 2.45) is 16.7 Å². The first-order chi connectivity index (χ1) is 8.75. The third-order valence-corrected chi connectivity index (χ3v) is 5.87. The normalized spacial score (nSPS) is 22.3. The molecule has 1 aromatic carbocycles. The van der Waals surface area contributed by atoms with Gasteiger partial charge in [0.2, 0.25) is 0 Å². The summed E-state index contributed by atoms with van der Waals surface area (Å²) in [5.74, 6) is 0.709. The van der Waals surface area contributed by atoms with Crippen LogP contribution in [-0.4, -0.2) is 6.54 Å². The molecule has 0 radical (unpaired) electrons. The number of aryl methyl sites for hydroxylation is 1. The lowest BCUT2D eigenvalue weighted by Crippen LogP contribution is -2.26. The second-order valence-corrected chi connectivity index (χ2v) is 7.25. The van der Waals surface area contributed by atoms with Crippen LogP contribution in [0.4, 0.5) is 0 Å². The molecule has 1 aliphatic carbocycles. The molecule has 0 saturated heterocycles. The van der Waals surface area contributed by atoms with Gasteiger partial charge in [-0.15, -0.1) is 0 Å². The zero-order valence-electron chi connectivity index (χ0n) is 13.6. The Hall–Kier alpha value is -0.820. The number of hydrogen-bond donors (Lipinski definition) is 1. The molecule has 1 fully saturated rings. The maximum absolute atomic E-state index is 3.74. The van der Waals surface area contributed by atoms with Crippen molar-refractivity contribution in [3.8, 4) is 0 Å². The van der Waals surface area contributed by atoms with Crippen LogP contribution in [0.5, 0.6) is 0 Å². The van der Waals surface area contributed by atoms with Gasteiger partial charge in [-0.05, 0) is 53.8 Å². The van der Waals surface area contributed by atoms with Crippen molar-refractivity contribution >= 4 is 0 Å². The highest BCUT2D eigenvalue weighted by Gasteiger charge is 2.67. The first-order valence-electron chi connectivity index (χ1n) is 7.54. The second kappa shape index (κ2) is 4.63. The predicted molar refractivity (Wildman–Crippen MR) is 83.4 cm³/mol. The molecule has 0 bridgehead atoms. The van der Waals surface area contributed by atoms with Gasteiger partial charge in [-0.3, -0.25) is 0 Å². The molecule has 0 spiro atoms. The number of rotatable bonds is 4. The smallest absolute Gasteiger partial charge is 0.0361 e. The van der Waals surface area contributed by atoms with E-state index < -0.39 is 0 Å². The molecule has 1 heteroatoms. The molecule has 2 rings (SSSR count). The molecule has 1 nitrogen and oxygen atoms in total. The highest BCUT2D eigenvalue weighted by atomic mass is 15.0. The van der Waals surface area contributed by atoms with Crippen LogP contribution in [0, 0.1) is 30.6 Å². The summed E-state index contributed by atoms with van der Waals surface area (Å²) < 4.78 is 0. The van der Waals surface area contributed by atoms with Gasteiger partial charge < -0.3 is 5.32 Å². The summed E-state index contributed by atoms with van der Waals surface area (Å²) in [5.41, 5.74) is 5.17. The number of nitrogens with one attached hydrogen (secondary N) is 1. The molecule has 1 unspecified atom stereocenters. The zero-order chi connectivity index (χ0) is 14.4. The summed E-state index contributed by atoms with van der Waals surface area (Å²) in [5, 5.41) is 3.74. The van der Waals surface area contributed by atoms with Gasteiger partial charge in [0.1, 0.15) is 0 Å². The van der Waals surface area contributed by atoms with Crippen molar-refractivity contribution in [2.45, 2.75) is 54.5 Å². The van der Waals surface area contributed by atoms with E-state index in [1.807, 2.05) is 0 Å². The summed E-state index contributed by atoms with van der Waals surface area (Å²) in [6.07, 6.45) is 0. The van der Waals surface area contributed by atoms with E-state index in [-0.39, 0.29) is 0 Å². The molecule has 1 saturated carbocycles. The Morgan fingerprint density at radius 3 is 2.16 bits per heavy atom. The Morgan fingerprint density at radius 2 is 1.68 bits per heavy atom. The summed E-state index contributed by atoms with van der Waals surface area (Å²) in [4.78, 5) is 0. The van der Waals surface area contributed by atoms with Crippen molar-refractivity contribution in [1.29, 1.82) is 0 Å². The van der Waals surface area contributed by atoms with E-state index in [2.05, 4.69) is 72.0 Å². The van der Waals surface area contributed by atoms with Gasteiger partial charge in [0.15, 0.2) is 0 Å². The van der Waals surface area contributed by atoms with Gasteiger partial charge >= 0.3 is 0 Å². The minimum absolute atomic E-state index is 0.413. The van der Waals surface area contributed by atoms with E-state index in [0.29, 0.717) is 22.8 Å². The zero-order valence-corrected chi connectivity index (χ0v) is 13.6. The Labute approximate surface area is 118 Å². The average Bonchev–Trinajstić information content (AvgIpc) is 2.71. The SMILES string of the molecule is CCNC(c1cccc(C)c1C)C1C(C)(C)C1(C)C. The van der Waals surface area contributed by atoms with Crippen molar-refractivity contribution in [3.63, 3.8) is 0 Å². The molecule has 0 heterocycles. The topological polar surface area (TPSA) is 12.0 Å². The lowest BCUT2D eigenvalue weighted by atomic mass is 9.91. The molecule has 1 aliphatic rings. The van der Waals surface area contributed by atoms with Gasteiger partial charge in [0.25, 0.3) is 0 Å². The third kappa shape index (κ3) is 2.12. The predicted octanol–water partition coefficient (Wildman–Crippen LogP) is 4.64. The van der Waals surface area contributed by atoms with Crippen LogP contribution < -0.4 is 5.32 Å². The molecular formula is C18H29N. The Balaban J connectivity index is 2.40. The molecule has 19 heavy (non-hydrogen) atoms. The van der Waals surface area contributed by atoms with E-state index in [1.54, 1.807) is 0 Å². The van der Waals surface area contributed by atoms with Gasteiger partial charge in [0.05, 0.1) is 0 Å². The fraction of sp³-hybridized carbons (Fsp3) is 0.667. The van der Waals surface area contributed by atoms with E-state index in [1.165, 1.54) is 16.7 Å². The number of benzene rings is 1. The molecule has 0 aliphatic heterocycles. The van der Waals surface area contributed by atoms with E-state index in [9.17, 15) is 0 Å². The lowest BCUT2D eigenvalue weighted by Gasteiger charge is -2.23. The third-order valence-electron chi connectivity index (χ3n) is 5.87. The maximum Gasteiger partial charge on any atom is 0.0361 e. The fourth-order valence-corrected chi connectivity index (χ4v) is 3.82. The van der Waals surface area contributed by atoms with Crippen LogP contribution >= 0.6 is 0 Å². The van der Waals surface area contributed by atoms with Crippen molar-refractivity contribution in [3.05, 3.63) is 34.9 Å². The fourth-order valence-electron chi connectivity index (χ4n) is 3.82. The van der Waals surface area contributed by atoms with E-state index >= 15 is 0 Å². The Kier molecular flexibility index (Phi) is 3.55. The van der Waals surface area contributed by atoms with Crippen LogP contribution in [0.2, 0.25) is 0 Å². The first kappa shape index (κ1) is 14.6. The summed E-state index contributed by atoms with van der Waals surface area (Å²) >= 11 is 0. The lowest BCUT2D eigenvalue weighted by molar-refractivity contribution is 0.416. The first-order valence-corrected chi connectivity index (χ1v) is 7.54. The molecule has 1 N–H and O–H groups in total. The minimum atomic E-state index is 0.413. The van der Waals surface area contributed by atoms with Crippen molar-refractivity contribution < 1.29 is 0 Å². The van der Waals surface area contributed by atoms with Gasteiger partial charge in [-0.1, -0.05) is 52.8 Å². The highest BCUT2D eigenvalue weighted by molar-refractivity contribution is 5.38. The Bertz CT molecular complexity index is 457. The molecule has 0 aromatic heterocycles. The van der Waals surface area contributed by atoms with Crippen LogP contribution in [0.1, 0.15) is 57.4 Å². The Morgan fingerprint density at radius 1 is 1.11 bits per heavy atom. The van der Waals surface area contributed by atoms with Gasteiger partial charge in [0, 0.05) is 6.04 Å². The van der Waals surface area contributed by atoms with E-state index in [4.69, 9.17) is 0 Å². The molecule has 0 amide bonds. The maximum atomic E-state index is 3.74. The highest BCUT2D eigenvalue weighted by Crippen LogP contribution is 2.72. The van der Waals surface area contributed by atoms with Crippen LogP contribution in [0.15, 0.2) is 18.2 Å². The molecule has 1 aromatic rings. The number of hydrogen-bond acceptors (Lipinski definition) is 1. The summed E-state index contributed by atoms with van der Waals surface area (Å²) in [6, 6.07) is 7.20. The van der Waals surface area contributed by atoms with Crippen molar-refractivity contribution in [2.75, 3.05) is 6.54 Å². The van der Waals surface area contributed by atoms with Crippen LogP contribution in [0.25, 0.3) is 0 Å². The summed E-state index contributed by atoms with van der Waals surface area (Å²) in [7, 11) is 0. The van der Waals surface area contributed by atoms with Crippen LogP contribution in [0.3, 0.4) is 0 Å².